The first-order valence-corrected chi connectivity index (χ1v) is 7.76. The summed E-state index contributed by atoms with van der Waals surface area (Å²) in [5.41, 5.74) is -0.0694. The minimum absolute atomic E-state index is 0.0379. The Morgan fingerprint density at radius 1 is 1.16 bits per heavy atom. The first kappa shape index (κ1) is 19.0. The molecule has 0 aliphatic heterocycles. The number of rotatable bonds is 6. The SMILES string of the molecule is O=Cc1cc([N+](=O)[O-])ccc1OCC(=O)Nc1cc(Cl)c(Cl)cc1Cl. The minimum atomic E-state index is -0.643. The predicted octanol–water partition coefficient (Wildman–Crippen LogP) is 4.39. The molecule has 0 fully saturated rings. The van der Waals surface area contributed by atoms with Crippen LogP contribution in [-0.4, -0.2) is 23.7 Å². The molecule has 0 saturated carbocycles. The van der Waals surface area contributed by atoms with Crippen molar-refractivity contribution in [1.29, 1.82) is 0 Å². The second kappa shape index (κ2) is 8.15. The highest BCUT2D eigenvalue weighted by Crippen LogP contribution is 2.32. The quantitative estimate of drug-likeness (QED) is 0.334. The van der Waals surface area contributed by atoms with Crippen molar-refractivity contribution in [2.24, 2.45) is 0 Å². The van der Waals surface area contributed by atoms with Gasteiger partial charge in [0.1, 0.15) is 5.75 Å². The number of amides is 1. The Balaban J connectivity index is 2.06. The monoisotopic (exact) mass is 402 g/mol. The van der Waals surface area contributed by atoms with Gasteiger partial charge in [-0.15, -0.1) is 0 Å². The zero-order valence-electron chi connectivity index (χ0n) is 12.3. The molecule has 10 heteroatoms. The highest BCUT2D eigenvalue weighted by molar-refractivity contribution is 6.44. The Hall–Kier alpha value is -2.35. The van der Waals surface area contributed by atoms with Crippen LogP contribution in [0.5, 0.6) is 5.75 Å². The van der Waals surface area contributed by atoms with Crippen LogP contribution in [0.2, 0.25) is 15.1 Å². The van der Waals surface area contributed by atoms with Gasteiger partial charge in [0.15, 0.2) is 12.9 Å². The number of hydrogen-bond acceptors (Lipinski definition) is 5. The van der Waals surface area contributed by atoms with Crippen molar-refractivity contribution in [1.82, 2.24) is 0 Å². The molecule has 1 N–H and O–H groups in total. The van der Waals surface area contributed by atoms with E-state index >= 15 is 0 Å². The van der Waals surface area contributed by atoms with Gasteiger partial charge in [-0.3, -0.25) is 19.7 Å². The molecule has 0 spiro atoms. The number of carbonyl (C=O) groups excluding carboxylic acids is 2. The molecular weight excluding hydrogens is 395 g/mol. The van der Waals surface area contributed by atoms with Gasteiger partial charge in [0.25, 0.3) is 11.6 Å². The smallest absolute Gasteiger partial charge is 0.270 e. The van der Waals surface area contributed by atoms with Crippen molar-refractivity contribution in [3.05, 3.63) is 61.1 Å². The van der Waals surface area contributed by atoms with Gasteiger partial charge in [-0.2, -0.15) is 0 Å². The van der Waals surface area contributed by atoms with Gasteiger partial charge in [-0.05, 0) is 18.2 Å². The van der Waals surface area contributed by atoms with Crippen molar-refractivity contribution in [2.45, 2.75) is 0 Å². The number of benzene rings is 2. The third-order valence-corrected chi connectivity index (χ3v) is 4.01. The zero-order chi connectivity index (χ0) is 18.6. The number of nitro benzene ring substituents is 1. The van der Waals surface area contributed by atoms with Gasteiger partial charge in [-0.25, -0.2) is 0 Å². The molecule has 130 valence electrons. The van der Waals surface area contributed by atoms with Crippen molar-refractivity contribution in [3.8, 4) is 5.75 Å². The number of aldehydes is 1. The molecule has 2 aromatic carbocycles. The first-order chi connectivity index (χ1) is 11.8. The molecule has 2 aromatic rings. The Kier molecular flexibility index (Phi) is 6.19. The van der Waals surface area contributed by atoms with E-state index < -0.39 is 17.4 Å². The van der Waals surface area contributed by atoms with Crippen LogP contribution in [-0.2, 0) is 4.79 Å². The summed E-state index contributed by atoms with van der Waals surface area (Å²) in [6.45, 7) is -0.449. The number of nitro groups is 1. The van der Waals surface area contributed by atoms with E-state index in [2.05, 4.69) is 5.32 Å². The Morgan fingerprint density at radius 3 is 2.48 bits per heavy atom. The average Bonchev–Trinajstić information content (AvgIpc) is 2.57. The molecule has 0 aliphatic carbocycles. The molecule has 1 amide bonds. The fraction of sp³-hybridized carbons (Fsp3) is 0.0667. The topological polar surface area (TPSA) is 98.5 Å². The number of hydrogen-bond donors (Lipinski definition) is 1. The van der Waals surface area contributed by atoms with Gasteiger partial charge in [-0.1, -0.05) is 34.8 Å². The summed E-state index contributed by atoms with van der Waals surface area (Å²) < 4.78 is 5.22. The molecule has 0 bridgehead atoms. The van der Waals surface area contributed by atoms with E-state index in [0.717, 1.165) is 12.1 Å². The molecule has 0 saturated heterocycles. The number of nitrogens with one attached hydrogen (secondary N) is 1. The Bertz CT molecular complexity index is 857. The Labute approximate surface area is 156 Å². The van der Waals surface area contributed by atoms with Crippen LogP contribution in [0.3, 0.4) is 0 Å². The molecule has 0 unspecified atom stereocenters. The molecule has 0 atom stereocenters. The molecule has 25 heavy (non-hydrogen) atoms. The summed E-state index contributed by atoms with van der Waals surface area (Å²) in [7, 11) is 0. The Morgan fingerprint density at radius 2 is 1.84 bits per heavy atom. The number of non-ortho nitro benzene ring substituents is 1. The van der Waals surface area contributed by atoms with Gasteiger partial charge in [0, 0.05) is 12.1 Å². The van der Waals surface area contributed by atoms with E-state index in [1.807, 2.05) is 0 Å². The van der Waals surface area contributed by atoms with Gasteiger partial charge in [0.2, 0.25) is 0 Å². The van der Waals surface area contributed by atoms with E-state index in [1.165, 1.54) is 18.2 Å². The fourth-order valence-electron chi connectivity index (χ4n) is 1.82. The normalized spacial score (nSPS) is 10.2. The minimum Gasteiger partial charge on any atom is -0.483 e. The van der Waals surface area contributed by atoms with Crippen molar-refractivity contribution < 1.29 is 19.2 Å². The van der Waals surface area contributed by atoms with E-state index in [9.17, 15) is 19.7 Å². The largest absolute Gasteiger partial charge is 0.483 e. The maximum absolute atomic E-state index is 11.9. The second-order valence-electron chi connectivity index (χ2n) is 4.68. The number of carbonyl (C=O) groups is 2. The lowest BCUT2D eigenvalue weighted by atomic mass is 10.2. The summed E-state index contributed by atoms with van der Waals surface area (Å²) in [6.07, 6.45) is 0.399. The number of halogens is 3. The maximum atomic E-state index is 11.9. The molecular formula is C15H9Cl3N2O5. The van der Waals surface area contributed by atoms with E-state index in [1.54, 1.807) is 0 Å². The molecule has 0 heterocycles. The van der Waals surface area contributed by atoms with Crippen molar-refractivity contribution >= 4 is 58.4 Å². The van der Waals surface area contributed by atoms with Gasteiger partial charge in [0.05, 0.1) is 31.2 Å². The second-order valence-corrected chi connectivity index (χ2v) is 5.90. The lowest BCUT2D eigenvalue weighted by Crippen LogP contribution is -2.20. The first-order valence-electron chi connectivity index (χ1n) is 6.62. The number of ether oxygens (including phenoxy) is 1. The maximum Gasteiger partial charge on any atom is 0.270 e. The van der Waals surface area contributed by atoms with Crippen LogP contribution in [0.1, 0.15) is 10.4 Å². The number of anilines is 1. The summed E-state index contributed by atoms with van der Waals surface area (Å²) in [5.74, 6) is -0.536. The lowest BCUT2D eigenvalue weighted by molar-refractivity contribution is -0.384. The van der Waals surface area contributed by atoms with Gasteiger partial charge >= 0.3 is 0 Å². The van der Waals surface area contributed by atoms with Crippen LogP contribution in [0.15, 0.2) is 30.3 Å². The van der Waals surface area contributed by atoms with Crippen LogP contribution < -0.4 is 10.1 Å². The molecule has 2 rings (SSSR count). The lowest BCUT2D eigenvalue weighted by Gasteiger charge is -2.11. The standard InChI is InChI=1S/C15H9Cl3N2O5/c16-10-4-12(18)13(5-11(10)17)19-15(22)7-25-14-2-1-9(20(23)24)3-8(14)6-21/h1-6H,7H2,(H,19,22). The molecule has 0 aromatic heterocycles. The fourth-order valence-corrected chi connectivity index (χ4v) is 2.41. The van der Waals surface area contributed by atoms with Crippen LogP contribution in [0.4, 0.5) is 11.4 Å². The summed E-state index contributed by atoms with van der Waals surface area (Å²) in [4.78, 5) is 33.0. The van der Waals surface area contributed by atoms with E-state index in [4.69, 9.17) is 39.5 Å². The third kappa shape index (κ3) is 4.82. The highest BCUT2D eigenvalue weighted by atomic mass is 35.5. The van der Waals surface area contributed by atoms with Crippen molar-refractivity contribution in [2.75, 3.05) is 11.9 Å². The molecule has 0 radical (unpaired) electrons. The van der Waals surface area contributed by atoms with Crippen LogP contribution >= 0.6 is 34.8 Å². The van der Waals surface area contributed by atoms with E-state index in [0.29, 0.717) is 6.29 Å². The van der Waals surface area contributed by atoms with Crippen LogP contribution in [0, 0.1) is 10.1 Å². The van der Waals surface area contributed by atoms with Gasteiger partial charge < -0.3 is 10.1 Å². The molecule has 0 aliphatic rings. The summed E-state index contributed by atoms with van der Waals surface area (Å²) in [6, 6.07) is 6.21. The molecule has 7 nitrogen and oxygen atoms in total. The highest BCUT2D eigenvalue weighted by Gasteiger charge is 2.14. The summed E-state index contributed by atoms with van der Waals surface area (Å²) in [5, 5.41) is 13.8. The zero-order valence-corrected chi connectivity index (χ0v) is 14.6. The third-order valence-electron chi connectivity index (χ3n) is 2.97. The van der Waals surface area contributed by atoms with Crippen molar-refractivity contribution in [3.63, 3.8) is 0 Å². The predicted molar refractivity (Wildman–Crippen MR) is 94.1 cm³/mol. The number of nitrogens with zero attached hydrogens (tertiary/aromatic N) is 1. The summed E-state index contributed by atoms with van der Waals surface area (Å²) >= 11 is 17.6. The average molecular weight is 404 g/mol. The van der Waals surface area contributed by atoms with E-state index in [-0.39, 0.29) is 37.8 Å². The van der Waals surface area contributed by atoms with Crippen LogP contribution in [0.25, 0.3) is 0 Å².